The second-order valence-electron chi connectivity index (χ2n) is 2.93. The number of anilines is 1. The fraction of sp³-hybridized carbons (Fsp3) is 0. The molecule has 0 aliphatic rings. The Morgan fingerprint density at radius 1 is 1.20 bits per heavy atom. The Labute approximate surface area is 97.2 Å². The number of benzene rings is 1. The first kappa shape index (κ1) is 10.2. The third-order valence-electron chi connectivity index (χ3n) is 1.79. The van der Waals surface area contributed by atoms with Crippen LogP contribution in [0.15, 0.2) is 46.2 Å². The fourth-order valence-electron chi connectivity index (χ4n) is 1.05. The number of rotatable bonds is 3. The fourth-order valence-corrected chi connectivity index (χ4v) is 1.79. The Balaban J connectivity index is 1.96. The smallest absolute Gasteiger partial charge is 0.0562 e. The number of nitrogens with zero attached hydrogens (tertiary/aromatic N) is 1. The van der Waals surface area contributed by atoms with E-state index in [4.69, 9.17) is 11.6 Å². The van der Waals surface area contributed by atoms with Crippen molar-refractivity contribution in [2.45, 2.75) is 0 Å². The summed E-state index contributed by atoms with van der Waals surface area (Å²) in [6.07, 6.45) is 1.78. The van der Waals surface area contributed by atoms with Gasteiger partial charge in [0.1, 0.15) is 0 Å². The predicted octanol–water partition coefficient (Wildman–Crippen LogP) is 3.85. The van der Waals surface area contributed by atoms with Crippen molar-refractivity contribution in [3.8, 4) is 0 Å². The van der Waals surface area contributed by atoms with Crippen LogP contribution in [-0.4, -0.2) is 6.21 Å². The Hall–Kier alpha value is -1.32. The molecule has 0 bridgehead atoms. The lowest BCUT2D eigenvalue weighted by atomic mass is 10.3. The zero-order valence-electron chi connectivity index (χ0n) is 7.85. The monoisotopic (exact) mass is 236 g/mol. The standard InChI is InChI=1S/C11H9ClN2S/c12-10-1-3-11(4-2-10)14-13-7-9-5-6-15-8-9/h1-8,14H/b13-7-. The van der Waals surface area contributed by atoms with Crippen molar-refractivity contribution >= 4 is 34.8 Å². The Bertz CT molecular complexity index is 434. The molecule has 76 valence electrons. The first-order valence-electron chi connectivity index (χ1n) is 4.41. The number of thiophene rings is 1. The summed E-state index contributed by atoms with van der Waals surface area (Å²) in [5, 5.41) is 8.88. The lowest BCUT2D eigenvalue weighted by Crippen LogP contribution is -1.88. The molecule has 0 saturated carbocycles. The summed E-state index contributed by atoms with van der Waals surface area (Å²) in [5.41, 5.74) is 4.95. The second-order valence-corrected chi connectivity index (χ2v) is 4.15. The van der Waals surface area contributed by atoms with Crippen LogP contribution in [-0.2, 0) is 0 Å². The van der Waals surface area contributed by atoms with Gasteiger partial charge in [-0.3, -0.25) is 5.43 Å². The summed E-state index contributed by atoms with van der Waals surface area (Å²) in [6, 6.07) is 9.42. The van der Waals surface area contributed by atoms with E-state index in [1.54, 1.807) is 17.6 Å². The van der Waals surface area contributed by atoms with E-state index in [0.29, 0.717) is 0 Å². The maximum absolute atomic E-state index is 5.76. The van der Waals surface area contributed by atoms with Gasteiger partial charge < -0.3 is 0 Å². The van der Waals surface area contributed by atoms with E-state index < -0.39 is 0 Å². The maximum Gasteiger partial charge on any atom is 0.0562 e. The minimum atomic E-state index is 0.724. The van der Waals surface area contributed by atoms with Gasteiger partial charge in [0, 0.05) is 10.6 Å². The number of hydrogen-bond acceptors (Lipinski definition) is 3. The highest BCUT2D eigenvalue weighted by atomic mass is 35.5. The SMILES string of the molecule is Clc1ccc(N/N=C\c2ccsc2)cc1. The molecule has 4 heteroatoms. The van der Waals surface area contributed by atoms with Crippen LogP contribution in [0.1, 0.15) is 5.56 Å². The predicted molar refractivity (Wildman–Crippen MR) is 67.0 cm³/mol. The largest absolute Gasteiger partial charge is 0.279 e. The van der Waals surface area contributed by atoms with Gasteiger partial charge >= 0.3 is 0 Å². The van der Waals surface area contributed by atoms with Crippen molar-refractivity contribution in [1.29, 1.82) is 0 Å². The van der Waals surface area contributed by atoms with Gasteiger partial charge in [0.25, 0.3) is 0 Å². The highest BCUT2D eigenvalue weighted by molar-refractivity contribution is 7.08. The van der Waals surface area contributed by atoms with Crippen molar-refractivity contribution in [1.82, 2.24) is 0 Å². The average Bonchev–Trinajstić information content (AvgIpc) is 2.74. The molecule has 0 unspecified atom stereocenters. The summed E-state index contributed by atoms with van der Waals surface area (Å²) in [5.74, 6) is 0. The minimum Gasteiger partial charge on any atom is -0.279 e. The van der Waals surface area contributed by atoms with Gasteiger partial charge in [0.2, 0.25) is 0 Å². The first-order valence-corrected chi connectivity index (χ1v) is 5.73. The Morgan fingerprint density at radius 3 is 2.67 bits per heavy atom. The average molecular weight is 237 g/mol. The third kappa shape index (κ3) is 3.08. The van der Waals surface area contributed by atoms with Gasteiger partial charge in [-0.25, -0.2) is 0 Å². The zero-order chi connectivity index (χ0) is 10.5. The zero-order valence-corrected chi connectivity index (χ0v) is 9.42. The van der Waals surface area contributed by atoms with Crippen LogP contribution in [0.3, 0.4) is 0 Å². The molecular formula is C11H9ClN2S. The number of hydrogen-bond donors (Lipinski definition) is 1. The maximum atomic E-state index is 5.76. The van der Waals surface area contributed by atoms with Crippen LogP contribution in [0.4, 0.5) is 5.69 Å². The molecule has 0 aliphatic carbocycles. The Morgan fingerprint density at radius 2 is 2.00 bits per heavy atom. The number of hydrazone groups is 1. The Kier molecular flexibility index (Phi) is 3.37. The van der Waals surface area contributed by atoms with E-state index in [1.807, 2.05) is 41.1 Å². The molecule has 2 aromatic rings. The van der Waals surface area contributed by atoms with E-state index in [0.717, 1.165) is 16.3 Å². The molecule has 1 aromatic carbocycles. The van der Waals surface area contributed by atoms with Crippen LogP contribution in [0.25, 0.3) is 0 Å². The van der Waals surface area contributed by atoms with Crippen LogP contribution in [0, 0.1) is 0 Å². The van der Waals surface area contributed by atoms with Gasteiger partial charge in [-0.15, -0.1) is 0 Å². The topological polar surface area (TPSA) is 24.4 Å². The van der Waals surface area contributed by atoms with Crippen LogP contribution >= 0.6 is 22.9 Å². The molecule has 2 nitrogen and oxygen atoms in total. The molecule has 15 heavy (non-hydrogen) atoms. The van der Waals surface area contributed by atoms with E-state index in [1.165, 1.54) is 0 Å². The van der Waals surface area contributed by atoms with Crippen LogP contribution < -0.4 is 5.43 Å². The van der Waals surface area contributed by atoms with Gasteiger partial charge in [-0.1, -0.05) is 11.6 Å². The van der Waals surface area contributed by atoms with Crippen molar-refractivity contribution in [2.24, 2.45) is 5.10 Å². The van der Waals surface area contributed by atoms with Gasteiger partial charge in [-0.05, 0) is 41.1 Å². The molecule has 2 rings (SSSR count). The summed E-state index contributed by atoms with van der Waals surface area (Å²) in [7, 11) is 0. The van der Waals surface area contributed by atoms with Crippen molar-refractivity contribution < 1.29 is 0 Å². The first-order chi connectivity index (χ1) is 7.34. The van der Waals surface area contributed by atoms with Crippen LogP contribution in [0.2, 0.25) is 5.02 Å². The van der Waals surface area contributed by atoms with Crippen molar-refractivity contribution in [2.75, 3.05) is 5.43 Å². The number of halogens is 1. The molecule has 0 spiro atoms. The van der Waals surface area contributed by atoms with E-state index >= 15 is 0 Å². The van der Waals surface area contributed by atoms with E-state index in [-0.39, 0.29) is 0 Å². The summed E-state index contributed by atoms with van der Waals surface area (Å²) in [6.45, 7) is 0. The highest BCUT2D eigenvalue weighted by Gasteiger charge is 1.89. The number of nitrogens with one attached hydrogen (secondary N) is 1. The molecule has 0 aliphatic heterocycles. The second kappa shape index (κ2) is 4.96. The lowest BCUT2D eigenvalue weighted by Gasteiger charge is -1.98. The highest BCUT2D eigenvalue weighted by Crippen LogP contribution is 2.13. The summed E-state index contributed by atoms with van der Waals surface area (Å²) < 4.78 is 0. The van der Waals surface area contributed by atoms with Crippen molar-refractivity contribution in [3.05, 3.63) is 51.7 Å². The quantitative estimate of drug-likeness (QED) is 0.635. The summed E-state index contributed by atoms with van der Waals surface area (Å²) >= 11 is 7.41. The third-order valence-corrected chi connectivity index (χ3v) is 2.75. The van der Waals surface area contributed by atoms with Gasteiger partial charge in [0.05, 0.1) is 11.9 Å². The minimum absolute atomic E-state index is 0.724. The molecule has 1 heterocycles. The molecule has 0 radical (unpaired) electrons. The molecule has 1 N–H and O–H groups in total. The van der Waals surface area contributed by atoms with E-state index in [2.05, 4.69) is 10.5 Å². The molecule has 1 aromatic heterocycles. The molecule has 0 amide bonds. The van der Waals surface area contributed by atoms with Gasteiger partial charge in [-0.2, -0.15) is 16.4 Å². The normalized spacial score (nSPS) is 10.7. The van der Waals surface area contributed by atoms with E-state index in [9.17, 15) is 0 Å². The molecular weight excluding hydrogens is 228 g/mol. The van der Waals surface area contributed by atoms with Crippen molar-refractivity contribution in [3.63, 3.8) is 0 Å². The van der Waals surface area contributed by atoms with Gasteiger partial charge in [0.15, 0.2) is 0 Å². The molecule has 0 fully saturated rings. The molecule has 0 saturated heterocycles. The lowest BCUT2D eigenvalue weighted by molar-refractivity contribution is 1.35. The van der Waals surface area contributed by atoms with Crippen LogP contribution in [0.5, 0.6) is 0 Å². The molecule has 0 atom stereocenters. The summed E-state index contributed by atoms with van der Waals surface area (Å²) in [4.78, 5) is 0.